The predicted octanol–water partition coefficient (Wildman–Crippen LogP) is 4.33. The second kappa shape index (κ2) is 9.82. The van der Waals surface area contributed by atoms with Gasteiger partial charge in [-0.1, -0.05) is 51.8 Å². The summed E-state index contributed by atoms with van der Waals surface area (Å²) in [7, 11) is 0. The maximum absolute atomic E-state index is 2.62. The highest BCUT2D eigenvalue weighted by Crippen LogP contribution is 2.20. The zero-order valence-electron chi connectivity index (χ0n) is 13.9. The van der Waals surface area contributed by atoms with Crippen molar-refractivity contribution < 1.29 is 0 Å². The van der Waals surface area contributed by atoms with Crippen molar-refractivity contribution in [2.75, 3.05) is 37.6 Å². The molecule has 1 saturated heterocycles. The van der Waals surface area contributed by atoms with Gasteiger partial charge in [-0.05, 0) is 31.5 Å². The van der Waals surface area contributed by atoms with Crippen molar-refractivity contribution in [1.82, 2.24) is 4.90 Å². The molecular formula is C18H32N2. The van der Waals surface area contributed by atoms with E-state index in [2.05, 4.69) is 47.9 Å². The molecule has 1 aromatic rings. The third kappa shape index (κ3) is 5.16. The van der Waals surface area contributed by atoms with Gasteiger partial charge in [-0.15, -0.1) is 0 Å². The average molecular weight is 276 g/mol. The average Bonchev–Trinajstić information content (AvgIpc) is 2.51. The number of aryl methyl sites for hydroxylation is 1. The number of para-hydroxylation sites is 1. The second-order valence-corrected chi connectivity index (χ2v) is 5.32. The van der Waals surface area contributed by atoms with Gasteiger partial charge in [0.05, 0.1) is 0 Å². The summed E-state index contributed by atoms with van der Waals surface area (Å²) in [4.78, 5) is 5.15. The normalized spacial score (nSPS) is 15.7. The molecule has 0 bridgehead atoms. The van der Waals surface area contributed by atoms with Crippen LogP contribution >= 0.6 is 0 Å². The summed E-state index contributed by atoms with van der Waals surface area (Å²) in [6.45, 7) is 14.6. The van der Waals surface area contributed by atoms with Gasteiger partial charge in [-0.3, -0.25) is 4.90 Å². The Bertz CT molecular complexity index is 354. The van der Waals surface area contributed by atoms with E-state index in [1.54, 1.807) is 0 Å². The molecule has 0 unspecified atom stereocenters. The molecule has 2 rings (SSSR count). The van der Waals surface area contributed by atoms with Crippen LogP contribution in [0.4, 0.5) is 5.69 Å². The molecule has 0 N–H and O–H groups in total. The Balaban J connectivity index is 0.000000956. The molecule has 0 spiro atoms. The van der Waals surface area contributed by atoms with Crippen LogP contribution in [-0.2, 0) is 0 Å². The van der Waals surface area contributed by atoms with Gasteiger partial charge in [0.1, 0.15) is 0 Å². The van der Waals surface area contributed by atoms with E-state index in [1.165, 1.54) is 63.2 Å². The Morgan fingerprint density at radius 1 is 0.950 bits per heavy atom. The van der Waals surface area contributed by atoms with Crippen molar-refractivity contribution in [3.05, 3.63) is 29.8 Å². The van der Waals surface area contributed by atoms with Crippen LogP contribution in [0.5, 0.6) is 0 Å². The van der Waals surface area contributed by atoms with Crippen LogP contribution in [0.25, 0.3) is 0 Å². The first kappa shape index (κ1) is 17.0. The number of nitrogens with zero attached hydrogens (tertiary/aromatic N) is 2. The Labute approximate surface area is 125 Å². The minimum Gasteiger partial charge on any atom is -0.369 e. The van der Waals surface area contributed by atoms with Gasteiger partial charge in [0.25, 0.3) is 0 Å². The predicted molar refractivity (Wildman–Crippen MR) is 90.7 cm³/mol. The molecule has 0 saturated carbocycles. The highest BCUT2D eigenvalue weighted by atomic mass is 15.3. The monoisotopic (exact) mass is 276 g/mol. The van der Waals surface area contributed by atoms with Crippen molar-refractivity contribution >= 4 is 5.69 Å². The van der Waals surface area contributed by atoms with Crippen molar-refractivity contribution in [3.63, 3.8) is 0 Å². The first-order chi connectivity index (χ1) is 9.81. The standard InChI is InChI=1S/C16H26N2.C2H6/c1-3-4-7-10-17-11-13-18(14-12-17)16-9-6-5-8-15(16)2;1-2/h5-6,8-9H,3-4,7,10-14H2,1-2H3;1-2H3. The molecule has 0 amide bonds. The number of hydrogen-bond acceptors (Lipinski definition) is 2. The molecule has 0 aromatic heterocycles. The fourth-order valence-corrected chi connectivity index (χ4v) is 2.72. The van der Waals surface area contributed by atoms with Crippen molar-refractivity contribution in [2.45, 2.75) is 47.0 Å². The van der Waals surface area contributed by atoms with Crippen LogP contribution in [0.3, 0.4) is 0 Å². The van der Waals surface area contributed by atoms with E-state index in [-0.39, 0.29) is 0 Å². The zero-order valence-corrected chi connectivity index (χ0v) is 13.9. The van der Waals surface area contributed by atoms with Crippen molar-refractivity contribution in [2.24, 2.45) is 0 Å². The Kier molecular flexibility index (Phi) is 8.36. The van der Waals surface area contributed by atoms with Crippen LogP contribution in [0.15, 0.2) is 24.3 Å². The van der Waals surface area contributed by atoms with Gasteiger partial charge < -0.3 is 4.90 Å². The second-order valence-electron chi connectivity index (χ2n) is 5.32. The minimum absolute atomic E-state index is 1.18. The van der Waals surface area contributed by atoms with Crippen LogP contribution < -0.4 is 4.90 Å². The van der Waals surface area contributed by atoms with Gasteiger partial charge in [0.2, 0.25) is 0 Å². The largest absolute Gasteiger partial charge is 0.369 e. The molecule has 1 aliphatic heterocycles. The fraction of sp³-hybridized carbons (Fsp3) is 0.667. The van der Waals surface area contributed by atoms with E-state index >= 15 is 0 Å². The number of anilines is 1. The summed E-state index contributed by atoms with van der Waals surface area (Å²) in [6, 6.07) is 8.74. The van der Waals surface area contributed by atoms with Gasteiger partial charge >= 0.3 is 0 Å². The number of unbranched alkanes of at least 4 members (excludes halogenated alkanes) is 2. The van der Waals surface area contributed by atoms with Crippen LogP contribution in [-0.4, -0.2) is 37.6 Å². The summed E-state index contributed by atoms with van der Waals surface area (Å²) in [5.41, 5.74) is 2.82. The fourth-order valence-electron chi connectivity index (χ4n) is 2.72. The maximum Gasteiger partial charge on any atom is 0.0396 e. The summed E-state index contributed by atoms with van der Waals surface area (Å²) in [5.74, 6) is 0. The lowest BCUT2D eigenvalue weighted by atomic mass is 10.1. The third-order valence-electron chi connectivity index (χ3n) is 3.91. The molecule has 2 nitrogen and oxygen atoms in total. The lowest BCUT2D eigenvalue weighted by Crippen LogP contribution is -2.46. The molecule has 1 aliphatic rings. The van der Waals surface area contributed by atoms with Crippen LogP contribution in [0, 0.1) is 6.92 Å². The van der Waals surface area contributed by atoms with E-state index in [0.717, 1.165) is 0 Å². The quantitative estimate of drug-likeness (QED) is 0.738. The lowest BCUT2D eigenvalue weighted by Gasteiger charge is -2.36. The molecule has 1 fully saturated rings. The van der Waals surface area contributed by atoms with Crippen molar-refractivity contribution in [3.8, 4) is 0 Å². The molecule has 1 heterocycles. The first-order valence-corrected chi connectivity index (χ1v) is 8.34. The Hall–Kier alpha value is -1.02. The molecule has 2 heteroatoms. The number of hydrogen-bond donors (Lipinski definition) is 0. The zero-order chi connectivity index (χ0) is 14.8. The summed E-state index contributed by atoms with van der Waals surface area (Å²) < 4.78 is 0. The SMILES string of the molecule is CC.CCCCCN1CCN(c2ccccc2C)CC1. The highest BCUT2D eigenvalue weighted by molar-refractivity contribution is 5.53. The van der Waals surface area contributed by atoms with Gasteiger partial charge in [0.15, 0.2) is 0 Å². The van der Waals surface area contributed by atoms with Crippen LogP contribution in [0.2, 0.25) is 0 Å². The highest BCUT2D eigenvalue weighted by Gasteiger charge is 2.17. The van der Waals surface area contributed by atoms with Gasteiger partial charge in [-0.25, -0.2) is 0 Å². The summed E-state index contributed by atoms with van der Waals surface area (Å²) in [6.07, 6.45) is 4.06. The van der Waals surface area contributed by atoms with E-state index in [0.29, 0.717) is 0 Å². The molecule has 0 atom stereocenters. The minimum atomic E-state index is 1.18. The van der Waals surface area contributed by atoms with E-state index in [4.69, 9.17) is 0 Å². The Morgan fingerprint density at radius 2 is 1.60 bits per heavy atom. The summed E-state index contributed by atoms with van der Waals surface area (Å²) >= 11 is 0. The summed E-state index contributed by atoms with van der Waals surface area (Å²) in [5, 5.41) is 0. The lowest BCUT2D eigenvalue weighted by molar-refractivity contribution is 0.252. The topological polar surface area (TPSA) is 6.48 Å². The van der Waals surface area contributed by atoms with Crippen LogP contribution in [0.1, 0.15) is 45.6 Å². The van der Waals surface area contributed by atoms with E-state index < -0.39 is 0 Å². The van der Waals surface area contributed by atoms with Gasteiger partial charge in [0, 0.05) is 31.9 Å². The van der Waals surface area contributed by atoms with E-state index in [9.17, 15) is 0 Å². The number of rotatable bonds is 5. The Morgan fingerprint density at radius 3 is 2.20 bits per heavy atom. The molecule has 0 radical (unpaired) electrons. The molecule has 114 valence electrons. The molecule has 20 heavy (non-hydrogen) atoms. The molecule has 1 aromatic carbocycles. The number of piperazine rings is 1. The first-order valence-electron chi connectivity index (χ1n) is 8.34. The van der Waals surface area contributed by atoms with Crippen molar-refractivity contribution in [1.29, 1.82) is 0 Å². The third-order valence-corrected chi connectivity index (χ3v) is 3.91. The van der Waals surface area contributed by atoms with Gasteiger partial charge in [-0.2, -0.15) is 0 Å². The molecular weight excluding hydrogens is 244 g/mol. The van der Waals surface area contributed by atoms with E-state index in [1.807, 2.05) is 13.8 Å². The maximum atomic E-state index is 2.62. The number of benzene rings is 1. The smallest absolute Gasteiger partial charge is 0.0396 e. The molecule has 0 aliphatic carbocycles.